The van der Waals surface area contributed by atoms with Gasteiger partial charge in [-0.3, -0.25) is 0 Å². The maximum absolute atomic E-state index is 12.7. The minimum Gasteiger partial charge on any atom is -0.393 e. The van der Waals surface area contributed by atoms with Crippen LogP contribution in [0.25, 0.3) is 0 Å². The Morgan fingerprint density at radius 2 is 1.53 bits per heavy atom. The first-order valence-electron chi connectivity index (χ1n) is 4.09. The van der Waals surface area contributed by atoms with Crippen molar-refractivity contribution in [3.8, 4) is 0 Å². The predicted octanol–water partition coefficient (Wildman–Crippen LogP) is 3.29. The summed E-state index contributed by atoms with van der Waals surface area (Å²) in [6, 6.07) is 0. The molecular weight excluding hydrogens is 261 g/mol. The van der Waals surface area contributed by atoms with Crippen LogP contribution in [0.5, 0.6) is 0 Å². The summed E-state index contributed by atoms with van der Waals surface area (Å²) in [5.41, 5.74) is 0. The molecule has 0 aliphatic carbocycles. The van der Waals surface area contributed by atoms with Gasteiger partial charge in [-0.1, -0.05) is 6.58 Å². The number of hydrogen-bond donors (Lipinski definition) is 0. The average molecular weight is 268 g/mol. The van der Waals surface area contributed by atoms with Crippen LogP contribution in [0, 0.1) is 0 Å². The maximum Gasteiger partial charge on any atom is 0.466 e. The first-order chi connectivity index (χ1) is 7.41. The third-order valence-corrected chi connectivity index (χ3v) is 1.54. The fourth-order valence-electron chi connectivity index (χ4n) is 0.687. The van der Waals surface area contributed by atoms with Crippen molar-refractivity contribution < 1.29 is 40.3 Å². The lowest BCUT2D eigenvalue weighted by molar-refractivity contribution is -0.334. The van der Waals surface area contributed by atoms with Gasteiger partial charge in [0.05, 0.1) is 0 Å². The first-order valence-corrected chi connectivity index (χ1v) is 4.09. The first kappa shape index (κ1) is 15.7. The van der Waals surface area contributed by atoms with E-state index in [1.165, 1.54) is 0 Å². The monoisotopic (exact) mass is 268 g/mol. The average Bonchev–Trinajstić information content (AvgIpc) is 2.12. The number of ether oxygens (including phenoxy) is 1. The van der Waals surface area contributed by atoms with Crippen molar-refractivity contribution in [2.24, 2.45) is 0 Å². The molecule has 0 heterocycles. The van der Waals surface area contributed by atoms with E-state index < -0.39 is 37.0 Å². The van der Waals surface area contributed by atoms with Crippen molar-refractivity contribution in [1.29, 1.82) is 0 Å². The molecule has 0 aromatic rings. The summed E-state index contributed by atoms with van der Waals surface area (Å²) >= 11 is 0. The van der Waals surface area contributed by atoms with Gasteiger partial charge in [0, 0.05) is 18.9 Å². The molecule has 9 heteroatoms. The molecule has 0 spiro atoms. The fraction of sp³-hybridized carbons (Fsp3) is 0.625. The summed E-state index contributed by atoms with van der Waals surface area (Å²) in [5.74, 6) is -6.97. The van der Waals surface area contributed by atoms with Gasteiger partial charge in [0.15, 0.2) is 0 Å². The van der Waals surface area contributed by atoms with Crippen molar-refractivity contribution in [1.82, 2.24) is 0 Å². The van der Waals surface area contributed by atoms with E-state index in [9.17, 15) is 35.5 Å². The van der Waals surface area contributed by atoms with E-state index in [2.05, 4.69) is 11.3 Å². The second-order valence-corrected chi connectivity index (χ2v) is 2.96. The quantitative estimate of drug-likeness (QED) is 0.434. The number of hydrogen-bond acceptors (Lipinski definition) is 2. The molecule has 17 heavy (non-hydrogen) atoms. The zero-order valence-corrected chi connectivity index (χ0v) is 8.16. The maximum atomic E-state index is 12.7. The number of halogens is 7. The Kier molecular flexibility index (Phi) is 4.55. The second kappa shape index (κ2) is 4.92. The Morgan fingerprint density at radius 1 is 1.06 bits per heavy atom. The number of esters is 1. The van der Waals surface area contributed by atoms with E-state index in [1.807, 2.05) is 0 Å². The highest BCUT2D eigenvalue weighted by molar-refractivity contribution is 5.81. The van der Waals surface area contributed by atoms with E-state index >= 15 is 0 Å². The summed E-state index contributed by atoms with van der Waals surface area (Å²) < 4.78 is 88.4. The molecule has 0 radical (unpaired) electrons. The van der Waals surface area contributed by atoms with Crippen LogP contribution in [0.15, 0.2) is 12.7 Å². The van der Waals surface area contributed by atoms with Crippen molar-refractivity contribution in [3.05, 3.63) is 12.7 Å². The Hall–Kier alpha value is -1.28. The summed E-state index contributed by atoms with van der Waals surface area (Å²) in [4.78, 5) is 10.3. The van der Waals surface area contributed by atoms with Gasteiger partial charge in [0.25, 0.3) is 0 Å². The van der Waals surface area contributed by atoms with Crippen molar-refractivity contribution in [3.63, 3.8) is 0 Å². The number of rotatable bonds is 5. The molecule has 0 rings (SSSR count). The molecule has 0 amide bonds. The molecule has 0 saturated carbocycles. The van der Waals surface area contributed by atoms with Gasteiger partial charge in [-0.05, 0) is 0 Å². The Labute approximate surface area is 91.0 Å². The summed E-state index contributed by atoms with van der Waals surface area (Å²) in [7, 11) is 0. The smallest absolute Gasteiger partial charge is 0.393 e. The lowest BCUT2D eigenvalue weighted by Gasteiger charge is -2.25. The van der Waals surface area contributed by atoms with Gasteiger partial charge in [-0.2, -0.15) is 30.7 Å². The Morgan fingerprint density at radius 3 is 1.88 bits per heavy atom. The lowest BCUT2D eigenvalue weighted by atomic mass is 10.1. The normalized spacial score (nSPS) is 13.4. The number of carbonyl (C=O) groups is 1. The van der Waals surface area contributed by atoms with Crippen molar-refractivity contribution >= 4 is 5.97 Å². The van der Waals surface area contributed by atoms with E-state index in [4.69, 9.17) is 0 Å². The molecule has 0 aromatic heterocycles. The highest BCUT2D eigenvalue weighted by atomic mass is 19.4. The van der Waals surface area contributed by atoms with E-state index in [-0.39, 0.29) is 6.08 Å². The minimum atomic E-state index is -5.32. The molecule has 0 aliphatic heterocycles. The standard InChI is InChI=1S/C8H7F7O2/c1-2-5(16)17-8(14,15)6(9,10)3-4-7(11,12)13/h2H,1,3-4H2. The third kappa shape index (κ3) is 5.05. The van der Waals surface area contributed by atoms with Crippen molar-refractivity contribution in [2.75, 3.05) is 0 Å². The predicted molar refractivity (Wildman–Crippen MR) is 41.5 cm³/mol. The molecule has 0 aliphatic rings. The number of carbonyl (C=O) groups excluding carboxylic acids is 1. The van der Waals surface area contributed by atoms with Gasteiger partial charge < -0.3 is 4.74 Å². The summed E-state index contributed by atoms with van der Waals surface area (Å²) in [6.45, 7) is 2.68. The lowest BCUT2D eigenvalue weighted by Crippen LogP contribution is -2.44. The number of alkyl halides is 7. The topological polar surface area (TPSA) is 26.3 Å². The molecule has 2 nitrogen and oxygen atoms in total. The molecule has 100 valence electrons. The summed E-state index contributed by atoms with van der Waals surface area (Å²) in [5, 5.41) is 0. The zero-order chi connectivity index (χ0) is 13.9. The van der Waals surface area contributed by atoms with Crippen LogP contribution in [0.3, 0.4) is 0 Å². The van der Waals surface area contributed by atoms with E-state index in [0.29, 0.717) is 0 Å². The largest absolute Gasteiger partial charge is 0.466 e. The van der Waals surface area contributed by atoms with E-state index in [0.717, 1.165) is 0 Å². The molecule has 0 atom stereocenters. The SMILES string of the molecule is C=CC(=O)OC(F)(F)C(F)(F)CCC(F)(F)F. The van der Waals surface area contributed by atoms with E-state index in [1.54, 1.807) is 0 Å². The van der Waals surface area contributed by atoms with Gasteiger partial charge in [-0.15, -0.1) is 0 Å². The molecule has 0 N–H and O–H groups in total. The third-order valence-electron chi connectivity index (χ3n) is 1.54. The van der Waals surface area contributed by atoms with Gasteiger partial charge >= 0.3 is 24.2 Å². The molecular formula is C8H7F7O2. The van der Waals surface area contributed by atoms with Crippen LogP contribution < -0.4 is 0 Å². The van der Waals surface area contributed by atoms with Crippen molar-refractivity contribution in [2.45, 2.75) is 31.0 Å². The molecule has 0 saturated heterocycles. The Bertz CT molecular complexity index is 295. The molecule has 0 fully saturated rings. The highest BCUT2D eigenvalue weighted by Crippen LogP contribution is 2.41. The molecule has 0 bridgehead atoms. The van der Waals surface area contributed by atoms with Gasteiger partial charge in [0.1, 0.15) is 0 Å². The van der Waals surface area contributed by atoms with Crippen LogP contribution in [0.4, 0.5) is 30.7 Å². The zero-order valence-electron chi connectivity index (χ0n) is 8.16. The van der Waals surface area contributed by atoms with Crippen LogP contribution in [0.2, 0.25) is 0 Å². The second-order valence-electron chi connectivity index (χ2n) is 2.96. The fourth-order valence-corrected chi connectivity index (χ4v) is 0.687. The molecule has 0 aromatic carbocycles. The summed E-state index contributed by atoms with van der Waals surface area (Å²) in [6.07, 6.45) is -14.5. The van der Waals surface area contributed by atoms with Gasteiger partial charge in [-0.25, -0.2) is 4.79 Å². The molecule has 0 unspecified atom stereocenters. The minimum absolute atomic E-state index is 0.188. The van der Waals surface area contributed by atoms with Crippen LogP contribution in [-0.2, 0) is 9.53 Å². The van der Waals surface area contributed by atoms with Gasteiger partial charge in [0.2, 0.25) is 0 Å². The van der Waals surface area contributed by atoms with Crippen LogP contribution in [-0.4, -0.2) is 24.2 Å². The van der Waals surface area contributed by atoms with Crippen LogP contribution in [0.1, 0.15) is 12.8 Å². The Balaban J connectivity index is 4.66. The highest BCUT2D eigenvalue weighted by Gasteiger charge is 2.60. The van der Waals surface area contributed by atoms with Crippen LogP contribution >= 0.6 is 0 Å².